The molecule has 8 heteroatoms. The minimum Gasteiger partial charge on any atom is -0.347 e. The molecule has 5 aromatic rings. The molecule has 0 unspecified atom stereocenters. The zero-order chi connectivity index (χ0) is 31.2. The summed E-state index contributed by atoms with van der Waals surface area (Å²) in [5, 5.41) is 15.7. The number of rotatable bonds is 8. The summed E-state index contributed by atoms with van der Waals surface area (Å²) in [6.45, 7) is 13.4. The van der Waals surface area contributed by atoms with Crippen molar-refractivity contribution in [2.75, 3.05) is 25.0 Å². The molecule has 0 saturated heterocycles. The largest absolute Gasteiger partial charge is 0.347 e. The predicted octanol–water partition coefficient (Wildman–Crippen LogP) is 9.41. The second-order valence-corrected chi connectivity index (χ2v) is 14.7. The second-order valence-electron chi connectivity index (χ2n) is 11.8. The summed E-state index contributed by atoms with van der Waals surface area (Å²) >= 11 is 0. The Labute approximate surface area is 259 Å². The van der Waals surface area contributed by atoms with Crippen molar-refractivity contribution in [2.45, 2.75) is 46.6 Å². The van der Waals surface area contributed by atoms with E-state index in [4.69, 9.17) is 4.74 Å². The first-order valence-electron chi connectivity index (χ1n) is 15.4. The van der Waals surface area contributed by atoms with Crippen LogP contribution in [-0.2, 0) is 12.0 Å². The standard InChI is InChI=1S/C36H40N5O2P/c1-7-39(8-2)44(37-30-18-12-15-21-34(30)41(42)43,25-35-36(4,5)29-17-11-14-20-33(29)38(35)6)26-22-23-32-28(24-26)27-16-10-13-19-31(27)40(32)9-3/h10-25H,7-9H2,1-6H3/b35-25+/t44-/m1/s1. The van der Waals surface area contributed by atoms with E-state index in [-0.39, 0.29) is 16.0 Å². The van der Waals surface area contributed by atoms with Gasteiger partial charge < -0.3 is 9.47 Å². The first kappa shape index (κ1) is 29.9. The highest BCUT2D eigenvalue weighted by atomic mass is 31.2. The molecule has 0 bridgehead atoms. The lowest BCUT2D eigenvalue weighted by Gasteiger charge is -2.36. The van der Waals surface area contributed by atoms with Crippen molar-refractivity contribution < 1.29 is 4.92 Å². The fourth-order valence-electron chi connectivity index (χ4n) is 6.98. The summed E-state index contributed by atoms with van der Waals surface area (Å²) in [5.74, 6) is 2.37. The number of nitrogens with zero attached hydrogens (tertiary/aromatic N) is 5. The molecule has 0 saturated carbocycles. The van der Waals surface area contributed by atoms with Crippen LogP contribution in [0.3, 0.4) is 0 Å². The number of aromatic nitrogens is 1. The van der Waals surface area contributed by atoms with Gasteiger partial charge in [0.1, 0.15) is 5.69 Å². The van der Waals surface area contributed by atoms with E-state index in [0.29, 0.717) is 5.69 Å². The minimum absolute atomic E-state index is 0.0217. The van der Waals surface area contributed by atoms with Gasteiger partial charge >= 0.3 is 0 Å². The minimum atomic E-state index is -2.78. The van der Waals surface area contributed by atoms with Gasteiger partial charge in [0.25, 0.3) is 5.69 Å². The molecule has 0 spiro atoms. The van der Waals surface area contributed by atoms with Gasteiger partial charge in [-0.1, -0.05) is 76.2 Å². The number of nitro groups is 1. The molecular weight excluding hydrogens is 565 g/mol. The van der Waals surface area contributed by atoms with Crippen LogP contribution >= 0.6 is 7.21 Å². The van der Waals surface area contributed by atoms with Crippen LogP contribution in [0.1, 0.15) is 40.2 Å². The first-order valence-corrected chi connectivity index (χ1v) is 17.1. The van der Waals surface area contributed by atoms with Gasteiger partial charge in [-0.3, -0.25) is 14.8 Å². The van der Waals surface area contributed by atoms with Crippen molar-refractivity contribution in [1.29, 1.82) is 0 Å². The highest BCUT2D eigenvalue weighted by molar-refractivity contribution is 7.74. The zero-order valence-corrected chi connectivity index (χ0v) is 27.3. The summed E-state index contributed by atoms with van der Waals surface area (Å²) in [6, 6.07) is 30.7. The Kier molecular flexibility index (Phi) is 7.73. The third-order valence-corrected chi connectivity index (χ3v) is 12.8. The SMILES string of the molecule is CCN(CC)[P@@](/C=C1/N(C)c2ccccc2C1(C)C)(=Nc1ccccc1[N+](=O)[O-])c1ccc2c(c1)c1ccccc1n2CC. The lowest BCUT2D eigenvalue weighted by molar-refractivity contribution is -0.384. The summed E-state index contributed by atoms with van der Waals surface area (Å²) in [4.78, 5) is 14.2. The highest BCUT2D eigenvalue weighted by Crippen LogP contribution is 2.61. The van der Waals surface area contributed by atoms with E-state index in [1.807, 2.05) is 6.07 Å². The Bertz CT molecular complexity index is 1990. The smallest absolute Gasteiger partial charge is 0.294 e. The molecule has 0 fully saturated rings. The van der Waals surface area contributed by atoms with Crippen LogP contribution in [0.5, 0.6) is 0 Å². The number of nitro benzene ring substituents is 1. The Morgan fingerprint density at radius 3 is 2.25 bits per heavy atom. The number of fused-ring (bicyclic) bond motifs is 4. The number of anilines is 1. The summed E-state index contributed by atoms with van der Waals surface area (Å²) in [6.07, 6.45) is 0. The topological polar surface area (TPSA) is 66.9 Å². The van der Waals surface area contributed by atoms with E-state index in [1.165, 1.54) is 33.1 Å². The average molecular weight is 606 g/mol. The molecule has 6 rings (SSSR count). The van der Waals surface area contributed by atoms with Crippen LogP contribution in [0, 0.1) is 10.1 Å². The van der Waals surface area contributed by atoms with Crippen molar-refractivity contribution in [3.05, 3.63) is 118 Å². The van der Waals surface area contributed by atoms with Crippen LogP contribution in [0.4, 0.5) is 17.1 Å². The van der Waals surface area contributed by atoms with Crippen molar-refractivity contribution >= 4 is 51.4 Å². The lowest BCUT2D eigenvalue weighted by Crippen LogP contribution is -2.28. The highest BCUT2D eigenvalue weighted by Gasteiger charge is 2.41. The zero-order valence-electron chi connectivity index (χ0n) is 26.4. The maximum absolute atomic E-state index is 12.3. The molecule has 0 radical (unpaired) electrons. The van der Waals surface area contributed by atoms with Gasteiger partial charge in [-0.15, -0.1) is 0 Å². The number of benzene rings is 4. The van der Waals surface area contributed by atoms with E-state index in [2.05, 4.69) is 128 Å². The first-order chi connectivity index (χ1) is 21.2. The molecule has 4 aromatic carbocycles. The number of aryl methyl sites for hydroxylation is 1. The van der Waals surface area contributed by atoms with E-state index < -0.39 is 7.21 Å². The fourth-order valence-corrected chi connectivity index (χ4v) is 10.7. The van der Waals surface area contributed by atoms with Gasteiger partial charge in [-0.05, 0) is 54.7 Å². The van der Waals surface area contributed by atoms with Crippen molar-refractivity contribution in [3.8, 4) is 0 Å². The molecule has 226 valence electrons. The second kappa shape index (κ2) is 11.4. The Morgan fingerprint density at radius 2 is 1.55 bits per heavy atom. The van der Waals surface area contributed by atoms with E-state index in [0.717, 1.165) is 30.6 Å². The van der Waals surface area contributed by atoms with Crippen molar-refractivity contribution in [3.63, 3.8) is 0 Å². The third-order valence-electron chi connectivity index (χ3n) is 9.19. The number of hydrogen-bond donors (Lipinski definition) is 0. The predicted molar refractivity (Wildman–Crippen MR) is 186 cm³/mol. The Hall–Kier alpha value is -4.19. The molecule has 1 aliphatic rings. The molecule has 7 nitrogen and oxygen atoms in total. The van der Waals surface area contributed by atoms with Gasteiger partial charge in [-0.25, -0.2) is 4.74 Å². The monoisotopic (exact) mass is 605 g/mol. The molecule has 1 atom stereocenters. The van der Waals surface area contributed by atoms with Gasteiger partial charge in [0.05, 0.1) is 12.1 Å². The van der Waals surface area contributed by atoms with Gasteiger partial charge in [0.15, 0.2) is 0 Å². The molecular formula is C36H40N5O2P. The maximum Gasteiger partial charge on any atom is 0.294 e. The van der Waals surface area contributed by atoms with Crippen molar-refractivity contribution in [1.82, 2.24) is 9.24 Å². The summed E-state index contributed by atoms with van der Waals surface area (Å²) in [5.41, 5.74) is 6.11. The Morgan fingerprint density at radius 1 is 0.886 bits per heavy atom. The molecule has 0 amide bonds. The van der Waals surface area contributed by atoms with Gasteiger partial charge in [0.2, 0.25) is 0 Å². The van der Waals surface area contributed by atoms with Crippen LogP contribution in [0.15, 0.2) is 107 Å². The number of para-hydroxylation sites is 3. The Balaban J connectivity index is 1.76. The fraction of sp³-hybridized carbons (Fsp3) is 0.278. The lowest BCUT2D eigenvalue weighted by atomic mass is 9.84. The summed E-state index contributed by atoms with van der Waals surface area (Å²) in [7, 11) is -0.658. The average Bonchev–Trinajstić information content (AvgIpc) is 3.45. The molecule has 0 N–H and O–H groups in total. The molecule has 44 heavy (non-hydrogen) atoms. The van der Waals surface area contributed by atoms with Crippen LogP contribution in [-0.4, -0.2) is 34.3 Å². The van der Waals surface area contributed by atoms with E-state index in [1.54, 1.807) is 18.2 Å². The number of allylic oxidation sites excluding steroid dienone is 1. The number of hydrogen-bond acceptors (Lipinski definition) is 4. The van der Waals surface area contributed by atoms with E-state index in [9.17, 15) is 10.1 Å². The summed E-state index contributed by atoms with van der Waals surface area (Å²) < 4.78 is 10.3. The quantitative estimate of drug-likeness (QED) is 0.100. The molecule has 0 aliphatic carbocycles. The third kappa shape index (κ3) is 4.58. The van der Waals surface area contributed by atoms with Crippen LogP contribution in [0.25, 0.3) is 21.8 Å². The van der Waals surface area contributed by atoms with Gasteiger partial charge in [0, 0.05) is 76.7 Å². The number of likely N-dealkylation sites (N-methyl/N-ethyl adjacent to an activating group) is 1. The molecule has 1 aromatic heterocycles. The van der Waals surface area contributed by atoms with Crippen LogP contribution < -0.4 is 10.2 Å². The van der Waals surface area contributed by atoms with E-state index >= 15 is 0 Å². The van der Waals surface area contributed by atoms with Gasteiger partial charge in [-0.2, -0.15) is 0 Å². The molecule has 2 heterocycles. The normalized spacial score (nSPS) is 16.5. The maximum atomic E-state index is 12.3. The molecule has 1 aliphatic heterocycles. The van der Waals surface area contributed by atoms with Crippen molar-refractivity contribution in [2.24, 2.45) is 4.74 Å². The van der Waals surface area contributed by atoms with Crippen LogP contribution in [0.2, 0.25) is 0 Å².